The van der Waals surface area contributed by atoms with E-state index in [0.717, 1.165) is 18.7 Å². The van der Waals surface area contributed by atoms with Gasteiger partial charge in [0.15, 0.2) is 9.84 Å². The zero-order chi connectivity index (χ0) is 16.3. The first-order valence-electron chi connectivity index (χ1n) is 7.80. The Morgan fingerprint density at radius 2 is 2.00 bits per heavy atom. The highest BCUT2D eigenvalue weighted by atomic mass is 32.2. The van der Waals surface area contributed by atoms with Gasteiger partial charge >= 0.3 is 6.03 Å². The third-order valence-corrected chi connectivity index (χ3v) is 6.04. The molecule has 2 aliphatic rings. The minimum Gasteiger partial charge on any atom is -0.367 e. The van der Waals surface area contributed by atoms with Gasteiger partial charge in [0.1, 0.15) is 12.1 Å². The number of sulfone groups is 1. The Balaban J connectivity index is 1.44. The average Bonchev–Trinajstić information content (AvgIpc) is 2.88. The molecule has 0 spiro atoms. The van der Waals surface area contributed by atoms with Crippen LogP contribution in [0.3, 0.4) is 0 Å². The van der Waals surface area contributed by atoms with E-state index in [1.54, 1.807) is 11.1 Å². The molecule has 1 unspecified atom stereocenters. The lowest BCUT2D eigenvalue weighted by Gasteiger charge is -2.33. The maximum atomic E-state index is 12.2. The molecule has 126 valence electrons. The maximum Gasteiger partial charge on any atom is 0.317 e. The van der Waals surface area contributed by atoms with Gasteiger partial charge in [-0.3, -0.25) is 0 Å². The number of carbonyl (C=O) groups is 1. The van der Waals surface area contributed by atoms with Gasteiger partial charge in [-0.1, -0.05) is 0 Å². The van der Waals surface area contributed by atoms with Crippen LogP contribution in [0.1, 0.15) is 19.3 Å². The number of nitrogens with one attached hydrogen (secondary N) is 2. The second-order valence-electron chi connectivity index (χ2n) is 6.05. The monoisotopic (exact) mass is 339 g/mol. The van der Waals surface area contributed by atoms with Crippen LogP contribution in [0, 0.1) is 0 Å². The summed E-state index contributed by atoms with van der Waals surface area (Å²) in [6, 6.07) is 1.69. The lowest BCUT2D eigenvalue weighted by atomic mass is 10.1. The second-order valence-corrected chi connectivity index (χ2v) is 8.28. The van der Waals surface area contributed by atoms with E-state index >= 15 is 0 Å². The number of hydrogen-bond donors (Lipinski definition) is 2. The number of amides is 2. The Bertz CT molecular complexity index is 644. The molecule has 3 heterocycles. The summed E-state index contributed by atoms with van der Waals surface area (Å²) in [6.07, 6.45) is 5.37. The predicted octanol–water partition coefficient (Wildman–Crippen LogP) is 0.250. The van der Waals surface area contributed by atoms with Gasteiger partial charge in [0.2, 0.25) is 0 Å². The van der Waals surface area contributed by atoms with Crippen LogP contribution in [0.15, 0.2) is 18.6 Å². The van der Waals surface area contributed by atoms with Gasteiger partial charge in [0.05, 0.1) is 11.5 Å². The number of urea groups is 1. The molecule has 0 radical (unpaired) electrons. The quantitative estimate of drug-likeness (QED) is 0.818. The van der Waals surface area contributed by atoms with Crippen molar-refractivity contribution >= 4 is 21.7 Å². The number of carbonyl (C=O) groups excluding carboxylic acids is 1. The van der Waals surface area contributed by atoms with E-state index in [1.807, 2.05) is 6.07 Å². The zero-order valence-electron chi connectivity index (χ0n) is 12.8. The Kier molecular flexibility index (Phi) is 4.65. The number of hydrogen-bond acceptors (Lipinski definition) is 6. The number of rotatable bonds is 3. The highest BCUT2D eigenvalue weighted by Crippen LogP contribution is 2.16. The molecule has 1 aromatic heterocycles. The third-order valence-electron chi connectivity index (χ3n) is 4.28. The van der Waals surface area contributed by atoms with Crippen LogP contribution in [0.5, 0.6) is 0 Å². The van der Waals surface area contributed by atoms with Crippen molar-refractivity contribution in [1.82, 2.24) is 20.2 Å². The summed E-state index contributed by atoms with van der Waals surface area (Å²) >= 11 is 0. The Morgan fingerprint density at radius 1 is 1.22 bits per heavy atom. The van der Waals surface area contributed by atoms with Crippen LogP contribution in [-0.2, 0) is 9.84 Å². The third kappa shape index (κ3) is 4.31. The Labute approximate surface area is 135 Å². The second kappa shape index (κ2) is 6.69. The lowest BCUT2D eigenvalue weighted by Crippen LogP contribution is -2.49. The molecule has 2 saturated heterocycles. The van der Waals surface area contributed by atoms with Crippen molar-refractivity contribution in [3.63, 3.8) is 0 Å². The molecule has 9 heteroatoms. The fourth-order valence-electron chi connectivity index (χ4n) is 2.99. The van der Waals surface area contributed by atoms with Crippen molar-refractivity contribution in [3.05, 3.63) is 18.6 Å². The van der Waals surface area contributed by atoms with E-state index in [9.17, 15) is 13.2 Å². The van der Waals surface area contributed by atoms with E-state index in [0.29, 0.717) is 19.5 Å². The largest absolute Gasteiger partial charge is 0.367 e. The standard InChI is InChI=1S/C14H21N5O3S/c20-14(18-12-4-8-23(21,22)9-12)19-6-2-11(3-7-19)17-13-1-5-15-10-16-13/h1,5,10-12H,2-4,6-9H2,(H,18,20)(H,15,16,17). The van der Waals surface area contributed by atoms with Crippen LogP contribution in [0.4, 0.5) is 10.6 Å². The van der Waals surface area contributed by atoms with Gasteiger partial charge in [-0.05, 0) is 25.3 Å². The molecule has 0 bridgehead atoms. The molecule has 2 aliphatic heterocycles. The van der Waals surface area contributed by atoms with E-state index in [4.69, 9.17) is 0 Å². The first-order chi connectivity index (χ1) is 11.0. The zero-order valence-corrected chi connectivity index (χ0v) is 13.6. The smallest absolute Gasteiger partial charge is 0.317 e. The van der Waals surface area contributed by atoms with Gasteiger partial charge in [0, 0.05) is 31.4 Å². The molecule has 8 nitrogen and oxygen atoms in total. The van der Waals surface area contributed by atoms with E-state index < -0.39 is 9.84 Å². The van der Waals surface area contributed by atoms with Gasteiger partial charge < -0.3 is 15.5 Å². The van der Waals surface area contributed by atoms with Crippen molar-refractivity contribution in [1.29, 1.82) is 0 Å². The molecular formula is C14H21N5O3S. The van der Waals surface area contributed by atoms with Crippen LogP contribution >= 0.6 is 0 Å². The lowest BCUT2D eigenvalue weighted by molar-refractivity contribution is 0.180. The Morgan fingerprint density at radius 3 is 2.61 bits per heavy atom. The fourth-order valence-corrected chi connectivity index (χ4v) is 4.66. The van der Waals surface area contributed by atoms with Crippen molar-refractivity contribution in [2.45, 2.75) is 31.3 Å². The van der Waals surface area contributed by atoms with Crippen molar-refractivity contribution in [3.8, 4) is 0 Å². The summed E-state index contributed by atoms with van der Waals surface area (Å²) in [7, 11) is -2.97. The summed E-state index contributed by atoms with van der Waals surface area (Å²) in [5.74, 6) is 1.02. The topological polar surface area (TPSA) is 104 Å². The highest BCUT2D eigenvalue weighted by Gasteiger charge is 2.31. The minimum atomic E-state index is -2.97. The number of aromatic nitrogens is 2. The number of nitrogens with zero attached hydrogens (tertiary/aromatic N) is 3. The molecule has 2 N–H and O–H groups in total. The first-order valence-corrected chi connectivity index (χ1v) is 9.62. The summed E-state index contributed by atoms with van der Waals surface area (Å²) in [5.41, 5.74) is 0. The molecule has 1 aromatic rings. The summed E-state index contributed by atoms with van der Waals surface area (Å²) < 4.78 is 22.9. The molecular weight excluding hydrogens is 318 g/mol. The van der Waals surface area contributed by atoms with Crippen molar-refractivity contribution in [2.75, 3.05) is 29.9 Å². The molecule has 23 heavy (non-hydrogen) atoms. The average molecular weight is 339 g/mol. The molecule has 1 atom stereocenters. The Hall–Kier alpha value is -1.90. The van der Waals surface area contributed by atoms with E-state index in [2.05, 4.69) is 20.6 Å². The van der Waals surface area contributed by atoms with Crippen molar-refractivity contribution < 1.29 is 13.2 Å². The first kappa shape index (κ1) is 16.0. The van der Waals surface area contributed by atoms with Crippen LogP contribution < -0.4 is 10.6 Å². The fraction of sp³-hybridized carbons (Fsp3) is 0.643. The SMILES string of the molecule is O=C(NC1CCS(=O)(=O)C1)N1CCC(Nc2ccncn2)CC1. The van der Waals surface area contributed by atoms with Gasteiger partial charge in [0.25, 0.3) is 0 Å². The van der Waals surface area contributed by atoms with Crippen LogP contribution in [0.2, 0.25) is 0 Å². The summed E-state index contributed by atoms with van der Waals surface area (Å²) in [4.78, 5) is 22.0. The van der Waals surface area contributed by atoms with Crippen LogP contribution in [0.25, 0.3) is 0 Å². The normalized spacial score (nSPS) is 24.3. The summed E-state index contributed by atoms with van der Waals surface area (Å²) in [5, 5.41) is 6.17. The summed E-state index contributed by atoms with van der Waals surface area (Å²) in [6.45, 7) is 1.29. The maximum absolute atomic E-state index is 12.2. The van der Waals surface area contributed by atoms with Gasteiger partial charge in [-0.25, -0.2) is 23.2 Å². The number of likely N-dealkylation sites (tertiary alicyclic amines) is 1. The molecule has 3 rings (SSSR count). The molecule has 0 aromatic carbocycles. The molecule has 2 amide bonds. The number of piperidine rings is 1. The highest BCUT2D eigenvalue weighted by molar-refractivity contribution is 7.91. The van der Waals surface area contributed by atoms with E-state index in [1.165, 1.54) is 6.33 Å². The van der Waals surface area contributed by atoms with E-state index in [-0.39, 0.29) is 29.6 Å². The van der Waals surface area contributed by atoms with Gasteiger partial charge in [-0.15, -0.1) is 0 Å². The van der Waals surface area contributed by atoms with Crippen LogP contribution in [-0.4, -0.2) is 66.0 Å². The van der Waals surface area contributed by atoms with Gasteiger partial charge in [-0.2, -0.15) is 0 Å². The van der Waals surface area contributed by atoms with Crippen molar-refractivity contribution in [2.24, 2.45) is 0 Å². The number of anilines is 1. The predicted molar refractivity (Wildman–Crippen MR) is 85.8 cm³/mol. The minimum absolute atomic E-state index is 0.0600. The molecule has 2 fully saturated rings. The molecule has 0 aliphatic carbocycles. The molecule has 0 saturated carbocycles.